The standard InChI is InChI=1S/C25H30N.Y/c1-13-14(2)19(7)25(20(8)15(13)3)21(9)24-12-11-23-18(6)16(4)17(5)22(10)26(23)24;/h12H,9H2,1-8,10H3;/q-1;. The van der Waals surface area contributed by atoms with Crippen molar-refractivity contribution in [3.05, 3.63) is 80.2 Å². The van der Waals surface area contributed by atoms with Gasteiger partial charge in [0.1, 0.15) is 0 Å². The predicted octanol–water partition coefficient (Wildman–Crippen LogP) is 6.57. The van der Waals surface area contributed by atoms with Crippen LogP contribution < -0.4 is 0 Å². The first-order chi connectivity index (χ1) is 12.1. The molecular formula is C25H30NY-. The second-order valence-electron chi connectivity index (χ2n) is 7.80. The van der Waals surface area contributed by atoms with Gasteiger partial charge in [-0.25, -0.2) is 0 Å². The Labute approximate surface area is 189 Å². The molecule has 139 valence electrons. The smallest absolute Gasteiger partial charge is 0.00850 e. The molecule has 0 aliphatic carbocycles. The molecule has 2 heteroatoms. The van der Waals surface area contributed by atoms with Crippen LogP contribution in [0.3, 0.4) is 0 Å². The first-order valence-corrected chi connectivity index (χ1v) is 9.35. The summed E-state index contributed by atoms with van der Waals surface area (Å²) in [6, 6.07) is 5.61. The maximum atomic E-state index is 4.53. The molecule has 27 heavy (non-hydrogen) atoms. The minimum atomic E-state index is 0. The normalized spacial score (nSPS) is 11.0. The monoisotopic (exact) mass is 433 g/mol. The van der Waals surface area contributed by atoms with E-state index in [1.165, 1.54) is 55.8 Å². The zero-order valence-electron chi connectivity index (χ0n) is 18.3. The molecule has 2 heterocycles. The van der Waals surface area contributed by atoms with E-state index in [1.54, 1.807) is 0 Å². The van der Waals surface area contributed by atoms with Crippen LogP contribution in [0.15, 0.2) is 12.6 Å². The van der Waals surface area contributed by atoms with Gasteiger partial charge in [0.2, 0.25) is 0 Å². The summed E-state index contributed by atoms with van der Waals surface area (Å²) < 4.78 is 2.34. The van der Waals surface area contributed by atoms with Gasteiger partial charge in [-0.15, -0.1) is 12.1 Å². The first kappa shape index (κ1) is 22.1. The van der Waals surface area contributed by atoms with Crippen molar-refractivity contribution in [2.75, 3.05) is 0 Å². The van der Waals surface area contributed by atoms with Gasteiger partial charge in [-0.05, 0) is 93.1 Å². The molecule has 1 nitrogen and oxygen atoms in total. The van der Waals surface area contributed by atoms with Crippen molar-refractivity contribution in [2.24, 2.45) is 0 Å². The third-order valence-corrected chi connectivity index (χ3v) is 6.78. The first-order valence-electron chi connectivity index (χ1n) is 9.35. The second-order valence-corrected chi connectivity index (χ2v) is 7.80. The van der Waals surface area contributed by atoms with E-state index in [4.69, 9.17) is 0 Å². The van der Waals surface area contributed by atoms with Gasteiger partial charge in [-0.2, -0.15) is 12.1 Å². The number of aryl methyl sites for hydroxylation is 2. The summed E-state index contributed by atoms with van der Waals surface area (Å²) in [4.78, 5) is 0. The Bertz CT molecular complexity index is 1050. The summed E-state index contributed by atoms with van der Waals surface area (Å²) in [5.74, 6) is 0. The van der Waals surface area contributed by atoms with Crippen LogP contribution in [-0.2, 0) is 32.7 Å². The van der Waals surface area contributed by atoms with Gasteiger partial charge < -0.3 is 4.40 Å². The Morgan fingerprint density at radius 2 is 1.15 bits per heavy atom. The molecule has 0 aliphatic heterocycles. The van der Waals surface area contributed by atoms with Gasteiger partial charge in [-0.1, -0.05) is 30.5 Å². The average molecular weight is 433 g/mol. The molecule has 2 aromatic heterocycles. The summed E-state index contributed by atoms with van der Waals surface area (Å²) in [6.07, 6.45) is 0. The van der Waals surface area contributed by atoms with Gasteiger partial charge in [0.25, 0.3) is 0 Å². The van der Waals surface area contributed by atoms with Crippen molar-refractivity contribution in [1.82, 2.24) is 4.40 Å². The largest absolute Gasteiger partial charge is 0.389 e. The van der Waals surface area contributed by atoms with E-state index in [2.05, 4.69) is 85.4 Å². The minimum absolute atomic E-state index is 0. The van der Waals surface area contributed by atoms with Crippen molar-refractivity contribution in [2.45, 2.75) is 62.3 Å². The number of benzene rings is 1. The van der Waals surface area contributed by atoms with Crippen molar-refractivity contribution < 1.29 is 32.7 Å². The number of fused-ring (bicyclic) bond motifs is 1. The van der Waals surface area contributed by atoms with Crippen LogP contribution in [0.4, 0.5) is 0 Å². The number of hydrogen-bond donors (Lipinski definition) is 0. The fourth-order valence-corrected chi connectivity index (χ4v) is 4.21. The van der Waals surface area contributed by atoms with Gasteiger partial charge in [0.15, 0.2) is 0 Å². The van der Waals surface area contributed by atoms with Crippen LogP contribution in [0.1, 0.15) is 61.5 Å². The molecule has 0 N–H and O–H groups in total. The average Bonchev–Trinajstić information content (AvgIpc) is 3.06. The molecule has 1 radical (unpaired) electrons. The maximum absolute atomic E-state index is 4.53. The summed E-state index contributed by atoms with van der Waals surface area (Å²) in [5.41, 5.74) is 16.8. The van der Waals surface area contributed by atoms with Crippen molar-refractivity contribution in [1.29, 1.82) is 0 Å². The van der Waals surface area contributed by atoms with E-state index in [1.807, 2.05) is 0 Å². The molecule has 0 amide bonds. The van der Waals surface area contributed by atoms with Gasteiger partial charge in [0.05, 0.1) is 0 Å². The van der Waals surface area contributed by atoms with Crippen LogP contribution >= 0.6 is 0 Å². The molecule has 0 saturated heterocycles. The molecule has 0 fully saturated rings. The molecule has 0 bridgehead atoms. The zero-order chi connectivity index (χ0) is 19.5. The molecule has 1 aromatic carbocycles. The molecule has 3 rings (SSSR count). The van der Waals surface area contributed by atoms with Gasteiger partial charge in [0, 0.05) is 38.4 Å². The zero-order valence-corrected chi connectivity index (χ0v) is 21.1. The van der Waals surface area contributed by atoms with Crippen molar-refractivity contribution in [3.63, 3.8) is 0 Å². The van der Waals surface area contributed by atoms with Gasteiger partial charge >= 0.3 is 0 Å². The Balaban J connectivity index is 0.00000261. The Kier molecular flexibility index (Phi) is 6.29. The summed E-state index contributed by atoms with van der Waals surface area (Å²) in [7, 11) is 0. The molecular weight excluding hydrogens is 403 g/mol. The van der Waals surface area contributed by atoms with E-state index in [0.717, 1.165) is 16.8 Å². The SMILES string of the molecule is C=C(c1c(C)c(C)c(C)c(C)c1C)c1c[c-]c2c(C)c(C)c(C)c(C)n12.[Y]. The van der Waals surface area contributed by atoms with E-state index in [-0.39, 0.29) is 32.7 Å². The maximum Gasteiger partial charge on any atom is 0.00850 e. The van der Waals surface area contributed by atoms with Crippen LogP contribution in [0.25, 0.3) is 11.1 Å². The predicted molar refractivity (Wildman–Crippen MR) is 113 cm³/mol. The van der Waals surface area contributed by atoms with Crippen LogP contribution in [0.2, 0.25) is 0 Å². The van der Waals surface area contributed by atoms with Crippen LogP contribution in [-0.4, -0.2) is 4.40 Å². The van der Waals surface area contributed by atoms with Crippen molar-refractivity contribution in [3.8, 4) is 0 Å². The van der Waals surface area contributed by atoms with Crippen molar-refractivity contribution >= 4 is 11.1 Å². The molecule has 0 spiro atoms. The van der Waals surface area contributed by atoms with Crippen LogP contribution in [0, 0.1) is 68.4 Å². The quantitative estimate of drug-likeness (QED) is 0.403. The fourth-order valence-electron chi connectivity index (χ4n) is 4.21. The number of aromatic nitrogens is 1. The molecule has 0 saturated carbocycles. The molecule has 0 atom stereocenters. The Morgan fingerprint density at radius 1 is 0.704 bits per heavy atom. The number of pyridine rings is 1. The number of rotatable bonds is 2. The van der Waals surface area contributed by atoms with E-state index >= 15 is 0 Å². The van der Waals surface area contributed by atoms with Gasteiger partial charge in [-0.3, -0.25) is 0 Å². The minimum Gasteiger partial charge on any atom is -0.389 e. The summed E-state index contributed by atoms with van der Waals surface area (Å²) >= 11 is 0. The number of hydrogen-bond acceptors (Lipinski definition) is 0. The summed E-state index contributed by atoms with van der Waals surface area (Å²) in [5, 5.41) is 0. The third-order valence-electron chi connectivity index (χ3n) is 6.78. The molecule has 3 aromatic rings. The third kappa shape index (κ3) is 3.17. The van der Waals surface area contributed by atoms with E-state index < -0.39 is 0 Å². The molecule has 0 aliphatic rings. The summed E-state index contributed by atoms with van der Waals surface area (Å²) in [6.45, 7) is 24.4. The number of nitrogens with zero attached hydrogens (tertiary/aromatic N) is 1. The Hall–Kier alpha value is -1.18. The molecule has 0 unspecified atom stereocenters. The fraction of sp³-hybridized carbons (Fsp3) is 0.360. The Morgan fingerprint density at radius 3 is 1.67 bits per heavy atom. The van der Waals surface area contributed by atoms with E-state index in [0.29, 0.717) is 0 Å². The topological polar surface area (TPSA) is 4.41 Å². The van der Waals surface area contributed by atoms with Crippen LogP contribution in [0.5, 0.6) is 0 Å². The second kappa shape index (κ2) is 7.68. The van der Waals surface area contributed by atoms with E-state index in [9.17, 15) is 0 Å².